The summed E-state index contributed by atoms with van der Waals surface area (Å²) >= 11 is 0. The van der Waals surface area contributed by atoms with Gasteiger partial charge in [0.25, 0.3) is 11.5 Å². The van der Waals surface area contributed by atoms with Crippen molar-refractivity contribution in [1.82, 2.24) is 0 Å². The lowest BCUT2D eigenvalue weighted by Crippen LogP contribution is -2.41. The zero-order chi connectivity index (χ0) is 19.1. The van der Waals surface area contributed by atoms with Gasteiger partial charge in [-0.2, -0.15) is 0 Å². The number of oxime groups is 1. The minimum Gasteiger partial charge on any atom is -0.496 e. The zero-order valence-electron chi connectivity index (χ0n) is 15.3. The average molecular weight is 370 g/mol. The highest BCUT2D eigenvalue weighted by atomic mass is 16.7. The van der Waals surface area contributed by atoms with Crippen molar-refractivity contribution in [2.45, 2.75) is 11.5 Å². The van der Waals surface area contributed by atoms with Crippen molar-refractivity contribution >= 4 is 17.3 Å². The molecule has 0 fully saturated rings. The Balaban J connectivity index is 1.77. The summed E-state index contributed by atoms with van der Waals surface area (Å²) in [6.07, 6.45) is 0. The van der Waals surface area contributed by atoms with E-state index in [1.807, 2.05) is 78.9 Å². The van der Waals surface area contributed by atoms with E-state index in [1.54, 1.807) is 7.11 Å². The number of methoxy groups -OCH3 is 1. The number of ether oxygens (including phenoxy) is 1. The van der Waals surface area contributed by atoms with E-state index in [2.05, 4.69) is 10.5 Å². The normalized spacial score (nSPS) is 22.4. The van der Waals surface area contributed by atoms with Gasteiger partial charge < -0.3 is 14.9 Å². The number of benzene rings is 3. The van der Waals surface area contributed by atoms with Crippen LogP contribution in [0, 0.1) is 0 Å². The number of amides is 1. The van der Waals surface area contributed by atoms with Gasteiger partial charge >= 0.3 is 0 Å². The van der Waals surface area contributed by atoms with Crippen LogP contribution in [0.15, 0.2) is 84.0 Å². The van der Waals surface area contributed by atoms with Crippen LogP contribution in [0.5, 0.6) is 5.75 Å². The monoisotopic (exact) mass is 370 g/mol. The highest BCUT2D eigenvalue weighted by Crippen LogP contribution is 2.54. The molecule has 2 aliphatic rings. The molecular formula is C23H18N2O3. The molecule has 5 heteroatoms. The van der Waals surface area contributed by atoms with Crippen molar-refractivity contribution in [2.75, 3.05) is 12.4 Å². The Morgan fingerprint density at radius 2 is 1.68 bits per heavy atom. The van der Waals surface area contributed by atoms with Crippen LogP contribution < -0.4 is 10.1 Å². The molecule has 5 nitrogen and oxygen atoms in total. The van der Waals surface area contributed by atoms with Crippen LogP contribution in [0.25, 0.3) is 0 Å². The van der Waals surface area contributed by atoms with Gasteiger partial charge in [0, 0.05) is 22.4 Å². The molecule has 0 saturated heterocycles. The van der Waals surface area contributed by atoms with Gasteiger partial charge in [0.1, 0.15) is 5.75 Å². The molecule has 2 aliphatic heterocycles. The van der Waals surface area contributed by atoms with Crippen LogP contribution in [0.1, 0.15) is 22.6 Å². The van der Waals surface area contributed by atoms with Crippen molar-refractivity contribution in [2.24, 2.45) is 5.16 Å². The highest BCUT2D eigenvalue weighted by molar-refractivity contribution is 6.15. The molecule has 138 valence electrons. The van der Waals surface area contributed by atoms with E-state index >= 15 is 0 Å². The molecule has 5 rings (SSSR count). The van der Waals surface area contributed by atoms with Gasteiger partial charge in [0.2, 0.25) is 0 Å². The Morgan fingerprint density at radius 1 is 0.964 bits per heavy atom. The number of rotatable bonds is 3. The number of carbonyl (C=O) groups is 1. The summed E-state index contributed by atoms with van der Waals surface area (Å²) in [6.45, 7) is 0. The number of carbonyl (C=O) groups excluding carboxylic acids is 1. The Morgan fingerprint density at radius 3 is 2.50 bits per heavy atom. The molecule has 1 amide bonds. The Bertz CT molecular complexity index is 1090. The van der Waals surface area contributed by atoms with Gasteiger partial charge in [0.15, 0.2) is 0 Å². The maximum absolute atomic E-state index is 13.3. The molecular weight excluding hydrogens is 352 g/mol. The first kappa shape index (κ1) is 16.6. The quantitative estimate of drug-likeness (QED) is 0.756. The number of anilines is 1. The number of hydrogen-bond donors (Lipinski definition) is 1. The fraction of sp³-hybridized carbons (Fsp3) is 0.130. The molecule has 3 aromatic carbocycles. The summed E-state index contributed by atoms with van der Waals surface area (Å²) in [5.74, 6) is 0.0205. The number of nitrogens with zero attached hydrogens (tertiary/aromatic N) is 1. The van der Waals surface area contributed by atoms with E-state index in [1.165, 1.54) is 0 Å². The predicted octanol–water partition coefficient (Wildman–Crippen LogP) is 4.06. The third kappa shape index (κ3) is 2.19. The minimum absolute atomic E-state index is 0.223. The molecule has 0 aliphatic carbocycles. The second-order valence-electron chi connectivity index (χ2n) is 6.84. The lowest BCUT2D eigenvalue weighted by atomic mass is 9.74. The van der Waals surface area contributed by atoms with E-state index in [0.717, 1.165) is 22.4 Å². The third-order valence-electron chi connectivity index (χ3n) is 5.40. The SMILES string of the molecule is COc1ccccc1[C@H]1C(c2ccccc2)=NO[C@]12C(=O)Nc1ccccc12. The number of hydrogen-bond acceptors (Lipinski definition) is 4. The van der Waals surface area contributed by atoms with E-state index in [4.69, 9.17) is 9.57 Å². The van der Waals surface area contributed by atoms with E-state index in [-0.39, 0.29) is 5.91 Å². The van der Waals surface area contributed by atoms with Gasteiger partial charge in [0.05, 0.1) is 18.7 Å². The summed E-state index contributed by atoms with van der Waals surface area (Å²) in [7, 11) is 1.63. The second-order valence-corrected chi connectivity index (χ2v) is 6.84. The largest absolute Gasteiger partial charge is 0.496 e. The van der Waals surface area contributed by atoms with Crippen LogP contribution in [0.3, 0.4) is 0 Å². The molecule has 3 aromatic rings. The van der Waals surface area contributed by atoms with Crippen molar-refractivity contribution in [1.29, 1.82) is 0 Å². The van der Waals surface area contributed by atoms with Crippen LogP contribution in [-0.4, -0.2) is 18.7 Å². The summed E-state index contributed by atoms with van der Waals surface area (Å²) in [5.41, 5.74) is 2.74. The fourth-order valence-electron chi connectivity index (χ4n) is 4.15. The van der Waals surface area contributed by atoms with Gasteiger partial charge in [-0.3, -0.25) is 4.79 Å². The van der Waals surface area contributed by atoms with Crippen LogP contribution in [0.2, 0.25) is 0 Å². The molecule has 2 heterocycles. The van der Waals surface area contributed by atoms with Crippen molar-refractivity contribution in [3.63, 3.8) is 0 Å². The lowest BCUT2D eigenvalue weighted by molar-refractivity contribution is -0.139. The smallest absolute Gasteiger partial charge is 0.277 e. The summed E-state index contributed by atoms with van der Waals surface area (Å²) in [6, 6.07) is 25.1. The molecule has 1 spiro atoms. The standard InChI is InChI=1S/C23H18N2O3/c1-27-19-14-8-5-11-16(19)20-21(15-9-3-2-4-10-15)25-28-23(20)17-12-6-7-13-18(17)24-22(23)26/h2-14,20H,1H3,(H,24,26)/t20-,23-/m0/s1. The topological polar surface area (TPSA) is 59.9 Å². The second kappa shape index (κ2) is 6.23. The minimum atomic E-state index is -1.27. The van der Waals surface area contributed by atoms with E-state index < -0.39 is 11.5 Å². The number of fused-ring (bicyclic) bond motifs is 2. The first-order valence-electron chi connectivity index (χ1n) is 9.11. The highest BCUT2D eigenvalue weighted by Gasteiger charge is 2.61. The maximum Gasteiger partial charge on any atom is 0.277 e. The third-order valence-corrected chi connectivity index (χ3v) is 5.40. The van der Waals surface area contributed by atoms with E-state index in [9.17, 15) is 4.79 Å². The van der Waals surface area contributed by atoms with Gasteiger partial charge in [-0.05, 0) is 12.1 Å². The van der Waals surface area contributed by atoms with Gasteiger partial charge in [-0.1, -0.05) is 71.9 Å². The number of nitrogens with one attached hydrogen (secondary N) is 1. The molecule has 1 N–H and O–H groups in total. The van der Waals surface area contributed by atoms with Crippen LogP contribution in [-0.2, 0) is 15.2 Å². The molecule has 28 heavy (non-hydrogen) atoms. The molecule has 0 aromatic heterocycles. The summed E-state index contributed by atoms with van der Waals surface area (Å²) < 4.78 is 5.63. The molecule has 0 unspecified atom stereocenters. The molecule has 2 atom stereocenters. The van der Waals surface area contributed by atoms with Crippen LogP contribution in [0.4, 0.5) is 5.69 Å². The molecule has 0 radical (unpaired) electrons. The first-order valence-corrected chi connectivity index (χ1v) is 9.11. The van der Waals surface area contributed by atoms with Crippen molar-refractivity contribution in [3.05, 3.63) is 95.6 Å². The molecule has 0 saturated carbocycles. The zero-order valence-corrected chi connectivity index (χ0v) is 15.3. The predicted molar refractivity (Wildman–Crippen MR) is 107 cm³/mol. The van der Waals surface area contributed by atoms with Gasteiger partial charge in [-0.25, -0.2) is 0 Å². The fourth-order valence-corrected chi connectivity index (χ4v) is 4.15. The summed E-state index contributed by atoms with van der Waals surface area (Å²) in [4.78, 5) is 19.3. The Labute approximate surface area is 162 Å². The number of para-hydroxylation sites is 2. The van der Waals surface area contributed by atoms with Crippen molar-refractivity contribution in [3.8, 4) is 5.75 Å². The maximum atomic E-state index is 13.3. The first-order chi connectivity index (χ1) is 13.8. The van der Waals surface area contributed by atoms with Gasteiger partial charge in [-0.15, -0.1) is 0 Å². The summed E-state index contributed by atoms with van der Waals surface area (Å²) in [5, 5.41) is 7.39. The van der Waals surface area contributed by atoms with E-state index in [0.29, 0.717) is 11.5 Å². The molecule has 0 bridgehead atoms. The average Bonchev–Trinajstić information content (AvgIpc) is 3.28. The van der Waals surface area contributed by atoms with Crippen LogP contribution >= 0.6 is 0 Å². The Kier molecular flexibility index (Phi) is 3.69. The lowest BCUT2D eigenvalue weighted by Gasteiger charge is -2.28. The Hall–Kier alpha value is -3.60. The van der Waals surface area contributed by atoms with Crippen molar-refractivity contribution < 1.29 is 14.4 Å².